The second kappa shape index (κ2) is 9.49. The fourth-order valence-electron chi connectivity index (χ4n) is 3.49. The highest BCUT2D eigenvalue weighted by Gasteiger charge is 2.28. The Labute approximate surface area is 175 Å². The Balaban J connectivity index is 1.53. The Bertz CT molecular complexity index is 921. The number of nitro groups is 1. The van der Waals surface area contributed by atoms with Crippen LogP contribution in [0.1, 0.15) is 18.1 Å². The first-order chi connectivity index (χ1) is 14.3. The van der Waals surface area contributed by atoms with E-state index in [2.05, 4.69) is 5.32 Å². The summed E-state index contributed by atoms with van der Waals surface area (Å²) in [4.78, 5) is 39.6. The fourth-order valence-corrected chi connectivity index (χ4v) is 3.49. The molecule has 3 rings (SSSR count). The number of carbonyl (C=O) groups is 2. The van der Waals surface area contributed by atoms with Gasteiger partial charge in [-0.3, -0.25) is 24.6 Å². The molecule has 1 N–H and O–H groups in total. The normalized spacial score (nSPS) is 15.5. The average Bonchev–Trinajstić information content (AvgIpc) is 2.75. The predicted octanol–water partition coefficient (Wildman–Crippen LogP) is 2.62. The molecule has 8 nitrogen and oxygen atoms in total. The molecule has 1 aliphatic heterocycles. The van der Waals surface area contributed by atoms with E-state index >= 15 is 0 Å². The van der Waals surface area contributed by atoms with Crippen molar-refractivity contribution in [3.05, 3.63) is 69.8 Å². The van der Waals surface area contributed by atoms with E-state index in [1.165, 1.54) is 12.1 Å². The van der Waals surface area contributed by atoms with E-state index in [4.69, 9.17) is 0 Å². The van der Waals surface area contributed by atoms with Crippen molar-refractivity contribution < 1.29 is 14.5 Å². The number of aryl methyl sites for hydroxylation is 1. The summed E-state index contributed by atoms with van der Waals surface area (Å²) in [6.07, 6.45) is 0.369. The van der Waals surface area contributed by atoms with Crippen LogP contribution in [0.15, 0.2) is 48.5 Å². The maximum atomic E-state index is 12.6. The molecule has 2 aromatic rings. The maximum Gasteiger partial charge on any atom is 0.292 e. The topological polar surface area (TPSA) is 95.8 Å². The maximum absolute atomic E-state index is 12.6. The molecule has 0 spiro atoms. The minimum Gasteiger partial charge on any atom is -0.340 e. The van der Waals surface area contributed by atoms with Crippen LogP contribution in [0.4, 0.5) is 11.4 Å². The van der Waals surface area contributed by atoms with Gasteiger partial charge < -0.3 is 10.2 Å². The number of hydrogen-bond acceptors (Lipinski definition) is 5. The first-order valence-corrected chi connectivity index (χ1v) is 9.97. The minimum absolute atomic E-state index is 0.0792. The number of nitrogens with zero attached hydrogens (tertiary/aromatic N) is 3. The Kier molecular flexibility index (Phi) is 6.79. The smallest absolute Gasteiger partial charge is 0.292 e. The molecule has 1 fully saturated rings. The zero-order chi connectivity index (χ0) is 21.7. The molecule has 2 amide bonds. The van der Waals surface area contributed by atoms with Gasteiger partial charge in [0.25, 0.3) is 5.69 Å². The van der Waals surface area contributed by atoms with Crippen LogP contribution in [0.2, 0.25) is 0 Å². The van der Waals surface area contributed by atoms with E-state index in [9.17, 15) is 19.7 Å². The van der Waals surface area contributed by atoms with E-state index < -0.39 is 11.0 Å². The van der Waals surface area contributed by atoms with Gasteiger partial charge in [-0.15, -0.1) is 0 Å². The molecule has 0 radical (unpaired) electrons. The van der Waals surface area contributed by atoms with Gasteiger partial charge in [-0.25, -0.2) is 0 Å². The van der Waals surface area contributed by atoms with Gasteiger partial charge in [-0.2, -0.15) is 0 Å². The summed E-state index contributed by atoms with van der Waals surface area (Å²) in [6, 6.07) is 13.6. The highest BCUT2D eigenvalue weighted by Crippen LogP contribution is 2.23. The number of rotatable bonds is 6. The van der Waals surface area contributed by atoms with E-state index in [0.717, 1.165) is 11.1 Å². The van der Waals surface area contributed by atoms with Gasteiger partial charge in [0.15, 0.2) is 0 Å². The molecule has 1 saturated heterocycles. The Hall–Kier alpha value is -3.26. The molecule has 1 atom stereocenters. The van der Waals surface area contributed by atoms with E-state index in [-0.39, 0.29) is 23.2 Å². The summed E-state index contributed by atoms with van der Waals surface area (Å²) < 4.78 is 0. The number of benzene rings is 2. The molecule has 1 unspecified atom stereocenters. The average molecular weight is 410 g/mol. The lowest BCUT2D eigenvalue weighted by atomic mass is 10.1. The number of nitro benzene ring substituents is 1. The number of piperazine rings is 1. The van der Waals surface area contributed by atoms with Crippen molar-refractivity contribution in [1.29, 1.82) is 0 Å². The van der Waals surface area contributed by atoms with Crippen LogP contribution in [0, 0.1) is 17.0 Å². The number of nitrogens with one attached hydrogen (secondary N) is 1. The summed E-state index contributed by atoms with van der Waals surface area (Å²) in [6.45, 7) is 6.03. The van der Waals surface area contributed by atoms with Crippen LogP contribution in [0.5, 0.6) is 0 Å². The first-order valence-electron chi connectivity index (χ1n) is 9.97. The molecule has 1 heterocycles. The van der Waals surface area contributed by atoms with Crippen molar-refractivity contribution in [2.75, 3.05) is 31.5 Å². The Morgan fingerprint density at radius 3 is 2.33 bits per heavy atom. The number of anilines is 1. The van der Waals surface area contributed by atoms with Crippen LogP contribution in [0.25, 0.3) is 0 Å². The van der Waals surface area contributed by atoms with Crippen LogP contribution >= 0.6 is 0 Å². The molecule has 0 saturated carbocycles. The van der Waals surface area contributed by atoms with Crippen LogP contribution in [0.3, 0.4) is 0 Å². The SMILES string of the molecule is Cc1ccc(CC(=O)N2CCN(C(C)C(=O)Nc3ccccc3[N+](=O)[O-])CC2)cc1. The molecule has 1 aliphatic rings. The van der Waals surface area contributed by atoms with Crippen LogP contribution < -0.4 is 5.32 Å². The molecule has 0 aromatic heterocycles. The van der Waals surface area contributed by atoms with Gasteiger partial charge in [0.05, 0.1) is 17.4 Å². The Morgan fingerprint density at radius 2 is 1.70 bits per heavy atom. The number of carbonyl (C=O) groups excluding carboxylic acids is 2. The van der Waals surface area contributed by atoms with Crippen LogP contribution in [-0.4, -0.2) is 58.8 Å². The summed E-state index contributed by atoms with van der Waals surface area (Å²) in [7, 11) is 0. The van der Waals surface area contributed by atoms with Gasteiger partial charge in [-0.05, 0) is 25.5 Å². The van der Waals surface area contributed by atoms with Crippen molar-refractivity contribution >= 4 is 23.2 Å². The quantitative estimate of drug-likeness (QED) is 0.583. The van der Waals surface area contributed by atoms with E-state index in [0.29, 0.717) is 32.6 Å². The summed E-state index contributed by atoms with van der Waals surface area (Å²) in [5, 5.41) is 13.8. The standard InChI is InChI=1S/C22H26N4O4/c1-16-7-9-18(10-8-16)15-21(27)25-13-11-24(12-14-25)17(2)22(28)23-19-5-3-4-6-20(19)26(29)30/h3-10,17H,11-15H2,1-2H3,(H,23,28). The third-order valence-electron chi connectivity index (χ3n) is 5.43. The lowest BCUT2D eigenvalue weighted by Crippen LogP contribution is -2.54. The molecule has 0 bridgehead atoms. The molecule has 30 heavy (non-hydrogen) atoms. The summed E-state index contributed by atoms with van der Waals surface area (Å²) >= 11 is 0. The number of amides is 2. The van der Waals surface area contributed by atoms with Crippen molar-refractivity contribution in [2.45, 2.75) is 26.3 Å². The second-order valence-corrected chi connectivity index (χ2v) is 7.52. The molecule has 8 heteroatoms. The van der Waals surface area contributed by atoms with Gasteiger partial charge in [0.2, 0.25) is 11.8 Å². The van der Waals surface area contributed by atoms with E-state index in [1.54, 1.807) is 19.1 Å². The molecular formula is C22H26N4O4. The Morgan fingerprint density at radius 1 is 1.07 bits per heavy atom. The van der Waals surface area contributed by atoms with Crippen LogP contribution in [-0.2, 0) is 16.0 Å². The van der Waals surface area contributed by atoms with E-state index in [1.807, 2.05) is 41.0 Å². The third-order valence-corrected chi connectivity index (χ3v) is 5.43. The first kappa shape index (κ1) is 21.4. The molecular weight excluding hydrogens is 384 g/mol. The monoisotopic (exact) mass is 410 g/mol. The van der Waals surface area contributed by atoms with Gasteiger partial charge in [0, 0.05) is 32.2 Å². The lowest BCUT2D eigenvalue weighted by molar-refractivity contribution is -0.383. The third kappa shape index (κ3) is 5.21. The fraction of sp³-hybridized carbons (Fsp3) is 0.364. The van der Waals surface area contributed by atoms with Crippen molar-refractivity contribution in [3.8, 4) is 0 Å². The largest absolute Gasteiger partial charge is 0.340 e. The van der Waals surface area contributed by atoms with Gasteiger partial charge in [-0.1, -0.05) is 42.0 Å². The second-order valence-electron chi connectivity index (χ2n) is 7.52. The molecule has 2 aromatic carbocycles. The van der Waals surface area contributed by atoms with Crippen molar-refractivity contribution in [2.24, 2.45) is 0 Å². The summed E-state index contributed by atoms with van der Waals surface area (Å²) in [5.41, 5.74) is 2.20. The number of para-hydroxylation sites is 2. The van der Waals surface area contributed by atoms with Gasteiger partial charge >= 0.3 is 0 Å². The minimum atomic E-state index is -0.515. The summed E-state index contributed by atoms with van der Waals surface area (Å²) in [5.74, 6) is -0.223. The van der Waals surface area contributed by atoms with Gasteiger partial charge in [0.1, 0.15) is 5.69 Å². The highest BCUT2D eigenvalue weighted by molar-refractivity contribution is 5.96. The highest BCUT2D eigenvalue weighted by atomic mass is 16.6. The number of hydrogen-bond donors (Lipinski definition) is 1. The molecule has 158 valence electrons. The zero-order valence-corrected chi connectivity index (χ0v) is 17.2. The lowest BCUT2D eigenvalue weighted by Gasteiger charge is -2.37. The van der Waals surface area contributed by atoms with Crippen molar-refractivity contribution in [1.82, 2.24) is 9.80 Å². The zero-order valence-electron chi connectivity index (χ0n) is 17.2. The predicted molar refractivity (Wildman–Crippen MR) is 114 cm³/mol. The molecule has 0 aliphatic carbocycles. The van der Waals surface area contributed by atoms with Crippen molar-refractivity contribution in [3.63, 3.8) is 0 Å².